The Kier molecular flexibility index (Phi) is 5.32. The SMILES string of the molecule is CC(C)NCc1occc1CN(C)Cc1ccncc1. The molecule has 0 amide bonds. The Morgan fingerprint density at radius 2 is 1.95 bits per heavy atom. The number of hydrogen-bond donors (Lipinski definition) is 1. The van der Waals surface area contributed by atoms with Gasteiger partial charge in [0.1, 0.15) is 5.76 Å². The summed E-state index contributed by atoms with van der Waals surface area (Å²) >= 11 is 0. The monoisotopic (exact) mass is 273 g/mol. The fraction of sp³-hybridized carbons (Fsp3) is 0.438. The first-order chi connectivity index (χ1) is 9.65. The molecule has 108 valence electrons. The molecule has 0 saturated heterocycles. The summed E-state index contributed by atoms with van der Waals surface area (Å²) in [7, 11) is 2.12. The van der Waals surface area contributed by atoms with Crippen LogP contribution in [0.25, 0.3) is 0 Å². The molecule has 2 aromatic rings. The van der Waals surface area contributed by atoms with E-state index >= 15 is 0 Å². The van der Waals surface area contributed by atoms with Crippen molar-refractivity contribution in [1.82, 2.24) is 15.2 Å². The lowest BCUT2D eigenvalue weighted by molar-refractivity contribution is 0.314. The van der Waals surface area contributed by atoms with Crippen molar-refractivity contribution in [3.8, 4) is 0 Å². The smallest absolute Gasteiger partial charge is 0.122 e. The summed E-state index contributed by atoms with van der Waals surface area (Å²) in [6.45, 7) is 6.85. The topological polar surface area (TPSA) is 41.3 Å². The van der Waals surface area contributed by atoms with Gasteiger partial charge in [-0.3, -0.25) is 9.88 Å². The molecular weight excluding hydrogens is 250 g/mol. The first-order valence-electron chi connectivity index (χ1n) is 7.01. The van der Waals surface area contributed by atoms with Crippen molar-refractivity contribution >= 4 is 0 Å². The number of nitrogens with one attached hydrogen (secondary N) is 1. The lowest BCUT2D eigenvalue weighted by Crippen LogP contribution is -2.23. The number of aromatic nitrogens is 1. The van der Waals surface area contributed by atoms with Crippen LogP contribution in [0.3, 0.4) is 0 Å². The van der Waals surface area contributed by atoms with Crippen molar-refractivity contribution in [1.29, 1.82) is 0 Å². The van der Waals surface area contributed by atoms with Gasteiger partial charge in [0.2, 0.25) is 0 Å². The van der Waals surface area contributed by atoms with Gasteiger partial charge in [-0.25, -0.2) is 0 Å². The van der Waals surface area contributed by atoms with Gasteiger partial charge >= 0.3 is 0 Å². The highest BCUT2D eigenvalue weighted by atomic mass is 16.3. The van der Waals surface area contributed by atoms with Gasteiger partial charge in [-0.1, -0.05) is 13.8 Å². The minimum absolute atomic E-state index is 0.461. The van der Waals surface area contributed by atoms with Crippen LogP contribution in [0.2, 0.25) is 0 Å². The number of furan rings is 1. The molecule has 0 saturated carbocycles. The standard InChI is InChI=1S/C16H23N3O/c1-13(2)18-10-16-15(6-9-20-16)12-19(3)11-14-4-7-17-8-5-14/h4-9,13,18H,10-12H2,1-3H3. The second kappa shape index (κ2) is 7.22. The average molecular weight is 273 g/mol. The number of rotatable bonds is 7. The molecular formula is C16H23N3O. The van der Waals surface area contributed by atoms with Crippen LogP contribution in [0, 0.1) is 0 Å². The van der Waals surface area contributed by atoms with Gasteiger partial charge in [-0.05, 0) is 30.8 Å². The maximum absolute atomic E-state index is 5.57. The van der Waals surface area contributed by atoms with Crippen LogP contribution in [0.4, 0.5) is 0 Å². The third kappa shape index (κ3) is 4.47. The summed E-state index contributed by atoms with van der Waals surface area (Å²) in [4.78, 5) is 6.32. The molecule has 0 aliphatic rings. The molecule has 0 aromatic carbocycles. The van der Waals surface area contributed by atoms with Gasteiger partial charge in [-0.15, -0.1) is 0 Å². The third-order valence-electron chi connectivity index (χ3n) is 3.15. The average Bonchev–Trinajstić information content (AvgIpc) is 2.84. The molecule has 0 aliphatic heterocycles. The number of hydrogen-bond acceptors (Lipinski definition) is 4. The van der Waals surface area contributed by atoms with Crippen LogP contribution in [-0.4, -0.2) is 23.0 Å². The first kappa shape index (κ1) is 14.8. The van der Waals surface area contributed by atoms with E-state index in [0.29, 0.717) is 6.04 Å². The van der Waals surface area contributed by atoms with Crippen molar-refractivity contribution in [2.75, 3.05) is 7.05 Å². The summed E-state index contributed by atoms with van der Waals surface area (Å²) in [5, 5.41) is 3.39. The summed E-state index contributed by atoms with van der Waals surface area (Å²) in [6.07, 6.45) is 5.44. The van der Waals surface area contributed by atoms with Crippen molar-refractivity contribution in [3.63, 3.8) is 0 Å². The maximum Gasteiger partial charge on any atom is 0.122 e. The Bertz CT molecular complexity index is 507. The molecule has 0 unspecified atom stereocenters. The van der Waals surface area contributed by atoms with Crippen LogP contribution in [0.15, 0.2) is 41.3 Å². The Morgan fingerprint density at radius 3 is 2.65 bits per heavy atom. The summed E-state index contributed by atoms with van der Waals surface area (Å²) in [6, 6.07) is 6.61. The van der Waals surface area contributed by atoms with Crippen LogP contribution < -0.4 is 5.32 Å². The summed E-state index contributed by atoms with van der Waals surface area (Å²) in [5.74, 6) is 1.03. The second-order valence-electron chi connectivity index (χ2n) is 5.43. The zero-order chi connectivity index (χ0) is 14.4. The highest BCUT2D eigenvalue weighted by Crippen LogP contribution is 2.14. The predicted molar refractivity (Wildman–Crippen MR) is 80.1 cm³/mol. The molecule has 20 heavy (non-hydrogen) atoms. The minimum atomic E-state index is 0.461. The number of nitrogens with zero attached hydrogens (tertiary/aromatic N) is 2. The summed E-state index contributed by atoms with van der Waals surface area (Å²) in [5.41, 5.74) is 2.52. The van der Waals surface area contributed by atoms with E-state index in [9.17, 15) is 0 Å². The molecule has 2 rings (SSSR count). The van der Waals surface area contributed by atoms with Gasteiger partial charge in [0, 0.05) is 37.1 Å². The van der Waals surface area contributed by atoms with Gasteiger partial charge < -0.3 is 9.73 Å². The molecule has 0 fully saturated rings. The Balaban J connectivity index is 1.91. The third-order valence-corrected chi connectivity index (χ3v) is 3.15. The molecule has 2 aromatic heterocycles. The van der Waals surface area contributed by atoms with Crippen molar-refractivity contribution < 1.29 is 4.42 Å². The first-order valence-corrected chi connectivity index (χ1v) is 7.01. The van der Waals surface area contributed by atoms with Gasteiger partial charge in [0.05, 0.1) is 12.8 Å². The second-order valence-corrected chi connectivity index (χ2v) is 5.43. The predicted octanol–water partition coefficient (Wildman–Crippen LogP) is 2.80. The molecule has 4 nitrogen and oxygen atoms in total. The van der Waals surface area contributed by atoms with Crippen LogP contribution in [-0.2, 0) is 19.6 Å². The van der Waals surface area contributed by atoms with Crippen molar-refractivity contribution in [2.24, 2.45) is 0 Å². The lowest BCUT2D eigenvalue weighted by atomic mass is 10.2. The van der Waals surface area contributed by atoms with E-state index in [0.717, 1.165) is 25.4 Å². The zero-order valence-electron chi connectivity index (χ0n) is 12.5. The van der Waals surface area contributed by atoms with E-state index in [1.165, 1.54) is 11.1 Å². The van der Waals surface area contributed by atoms with E-state index in [1.807, 2.05) is 24.5 Å². The Labute approximate surface area is 120 Å². The Morgan fingerprint density at radius 1 is 1.20 bits per heavy atom. The molecule has 4 heteroatoms. The lowest BCUT2D eigenvalue weighted by Gasteiger charge is -2.17. The molecule has 0 spiro atoms. The van der Waals surface area contributed by atoms with Crippen LogP contribution >= 0.6 is 0 Å². The fourth-order valence-electron chi connectivity index (χ4n) is 2.11. The zero-order valence-corrected chi connectivity index (χ0v) is 12.5. The minimum Gasteiger partial charge on any atom is -0.468 e. The highest BCUT2D eigenvalue weighted by molar-refractivity contribution is 5.17. The van der Waals surface area contributed by atoms with E-state index < -0.39 is 0 Å². The van der Waals surface area contributed by atoms with Crippen LogP contribution in [0.1, 0.15) is 30.7 Å². The Hall–Kier alpha value is -1.65. The van der Waals surface area contributed by atoms with E-state index in [2.05, 4.69) is 42.2 Å². The molecule has 2 heterocycles. The largest absolute Gasteiger partial charge is 0.468 e. The van der Waals surface area contributed by atoms with Crippen molar-refractivity contribution in [2.45, 2.75) is 39.5 Å². The highest BCUT2D eigenvalue weighted by Gasteiger charge is 2.09. The van der Waals surface area contributed by atoms with E-state index in [-0.39, 0.29) is 0 Å². The van der Waals surface area contributed by atoms with E-state index in [1.54, 1.807) is 6.26 Å². The quantitative estimate of drug-likeness (QED) is 0.842. The van der Waals surface area contributed by atoms with Crippen LogP contribution in [0.5, 0.6) is 0 Å². The molecule has 0 aliphatic carbocycles. The molecule has 0 bridgehead atoms. The van der Waals surface area contributed by atoms with Crippen molar-refractivity contribution in [3.05, 3.63) is 53.7 Å². The maximum atomic E-state index is 5.57. The molecule has 0 radical (unpaired) electrons. The normalized spacial score (nSPS) is 11.4. The van der Waals surface area contributed by atoms with Gasteiger partial charge in [-0.2, -0.15) is 0 Å². The summed E-state index contributed by atoms with van der Waals surface area (Å²) < 4.78 is 5.57. The molecule has 0 atom stereocenters. The number of pyridine rings is 1. The van der Waals surface area contributed by atoms with Gasteiger partial charge in [0.25, 0.3) is 0 Å². The van der Waals surface area contributed by atoms with Gasteiger partial charge in [0.15, 0.2) is 0 Å². The fourth-order valence-corrected chi connectivity index (χ4v) is 2.11. The molecule has 1 N–H and O–H groups in total. The van der Waals surface area contributed by atoms with E-state index in [4.69, 9.17) is 4.42 Å².